The van der Waals surface area contributed by atoms with E-state index in [9.17, 15) is 0 Å². The topological polar surface area (TPSA) is 60.4 Å². The normalized spacial score (nSPS) is 11.9. The highest BCUT2D eigenvalue weighted by molar-refractivity contribution is 6.24. The molecule has 6 nitrogen and oxygen atoms in total. The van der Waals surface area contributed by atoms with Gasteiger partial charge in [-0.15, -0.1) is 0 Å². The molecule has 6 aromatic carbocycles. The van der Waals surface area contributed by atoms with Crippen LogP contribution in [-0.4, -0.2) is 28.7 Å². The van der Waals surface area contributed by atoms with E-state index in [0.29, 0.717) is 17.5 Å². The van der Waals surface area contributed by atoms with Gasteiger partial charge in [0.05, 0.1) is 33.1 Å². The highest BCUT2D eigenvalue weighted by Crippen LogP contribution is 2.41. The zero-order valence-corrected chi connectivity index (χ0v) is 24.5. The van der Waals surface area contributed by atoms with Gasteiger partial charge < -0.3 is 4.40 Å². The highest BCUT2D eigenvalue weighted by Gasteiger charge is 2.21. The first kappa shape index (κ1) is 25.0. The third-order valence-electron chi connectivity index (χ3n) is 9.00. The molecule has 4 heterocycles. The number of aromatic nitrogens is 6. The number of hydrogen-bond donors (Lipinski definition) is 0. The van der Waals surface area contributed by atoms with E-state index in [1.807, 2.05) is 67.0 Å². The minimum Gasteiger partial charge on any atom is -0.306 e. The van der Waals surface area contributed by atoms with E-state index in [1.54, 1.807) is 0 Å². The summed E-state index contributed by atoms with van der Waals surface area (Å²) in [6.45, 7) is 0. The fourth-order valence-corrected chi connectivity index (χ4v) is 7.00. The summed E-state index contributed by atoms with van der Waals surface area (Å²) in [5, 5.41) is 4.53. The molecule has 0 saturated carbocycles. The fourth-order valence-electron chi connectivity index (χ4n) is 7.00. The van der Waals surface area contributed by atoms with Crippen LogP contribution in [0, 0.1) is 0 Å². The number of hydrogen-bond acceptors (Lipinski definition) is 4. The van der Waals surface area contributed by atoms with Gasteiger partial charge in [-0.05, 0) is 30.3 Å². The van der Waals surface area contributed by atoms with E-state index in [4.69, 9.17) is 19.9 Å². The molecule has 214 valence electrons. The van der Waals surface area contributed by atoms with Crippen molar-refractivity contribution in [3.63, 3.8) is 0 Å². The number of benzene rings is 6. The Hall–Kier alpha value is -6.40. The van der Waals surface area contributed by atoms with E-state index in [1.165, 1.54) is 10.8 Å². The predicted octanol–water partition coefficient (Wildman–Crippen LogP) is 9.39. The van der Waals surface area contributed by atoms with E-state index >= 15 is 0 Å². The van der Waals surface area contributed by atoms with Crippen LogP contribution in [-0.2, 0) is 0 Å². The van der Waals surface area contributed by atoms with Crippen molar-refractivity contribution in [3.05, 3.63) is 146 Å². The summed E-state index contributed by atoms with van der Waals surface area (Å²) < 4.78 is 4.62. The molecule has 6 heteroatoms. The minimum atomic E-state index is 0.626. The molecule has 10 rings (SSSR count). The molecule has 0 radical (unpaired) electrons. The van der Waals surface area contributed by atoms with Gasteiger partial charge in [0.2, 0.25) is 0 Å². The molecule has 4 aromatic heterocycles. The fraction of sp³-hybridized carbons (Fsp3) is 0. The Kier molecular flexibility index (Phi) is 5.19. The van der Waals surface area contributed by atoms with E-state index < -0.39 is 0 Å². The summed E-state index contributed by atoms with van der Waals surface area (Å²) in [6.07, 6.45) is 1.94. The molecule has 0 aliphatic rings. The van der Waals surface area contributed by atoms with E-state index in [2.05, 4.69) is 87.7 Å². The van der Waals surface area contributed by atoms with Gasteiger partial charge in [-0.2, -0.15) is 0 Å². The standard InChI is InChI=1S/C40H24N6/c1-3-12-25(13-4-1)38-42-39(26-14-5-2-6-15-26)44-40(43-38)30-23-22-28-27-16-7-10-20-33(27)46-34-21-11-18-31-37(34)45(24-41-31)32-19-9-8-17-29(32)35(30)36(28)46/h1-24H. The van der Waals surface area contributed by atoms with Crippen LogP contribution in [0.3, 0.4) is 0 Å². The second kappa shape index (κ2) is 9.55. The number of nitrogens with zero attached hydrogens (tertiary/aromatic N) is 6. The Morgan fingerprint density at radius 3 is 1.76 bits per heavy atom. The minimum absolute atomic E-state index is 0.626. The summed E-state index contributed by atoms with van der Waals surface area (Å²) in [5.41, 5.74) is 9.25. The Morgan fingerprint density at radius 2 is 1.02 bits per heavy atom. The van der Waals surface area contributed by atoms with Crippen LogP contribution in [0.15, 0.2) is 146 Å². The first-order valence-corrected chi connectivity index (χ1v) is 15.3. The summed E-state index contributed by atoms with van der Waals surface area (Å²) >= 11 is 0. The lowest BCUT2D eigenvalue weighted by atomic mass is 10.00. The van der Waals surface area contributed by atoms with Gasteiger partial charge >= 0.3 is 0 Å². The zero-order valence-electron chi connectivity index (χ0n) is 24.5. The lowest BCUT2D eigenvalue weighted by Gasteiger charge is -2.14. The Balaban J connectivity index is 1.45. The summed E-state index contributed by atoms with van der Waals surface area (Å²) in [7, 11) is 0. The molecule has 0 unspecified atom stereocenters. The monoisotopic (exact) mass is 588 g/mol. The van der Waals surface area contributed by atoms with Crippen LogP contribution in [0.2, 0.25) is 0 Å². The van der Waals surface area contributed by atoms with Crippen LogP contribution in [0.5, 0.6) is 0 Å². The van der Waals surface area contributed by atoms with Gasteiger partial charge in [0, 0.05) is 38.2 Å². The average Bonchev–Trinajstić information content (AvgIpc) is 3.71. The van der Waals surface area contributed by atoms with E-state index in [0.717, 1.165) is 60.6 Å². The molecular weight excluding hydrogens is 564 g/mol. The molecule has 0 spiro atoms. The summed E-state index contributed by atoms with van der Waals surface area (Å²) in [5.74, 6) is 1.90. The van der Waals surface area contributed by atoms with Crippen molar-refractivity contribution in [3.8, 4) is 34.2 Å². The zero-order chi connectivity index (χ0) is 30.2. The quantitative estimate of drug-likeness (QED) is 0.206. The lowest BCUT2D eigenvalue weighted by Crippen LogP contribution is -2.01. The first-order chi connectivity index (χ1) is 22.8. The molecular formula is C40H24N6. The molecule has 46 heavy (non-hydrogen) atoms. The second-order valence-electron chi connectivity index (χ2n) is 11.6. The third kappa shape index (κ3) is 3.52. The largest absolute Gasteiger partial charge is 0.306 e. The van der Waals surface area contributed by atoms with Gasteiger partial charge in [0.1, 0.15) is 6.33 Å². The molecule has 0 bridgehead atoms. The van der Waals surface area contributed by atoms with Crippen LogP contribution in [0.4, 0.5) is 0 Å². The van der Waals surface area contributed by atoms with Crippen molar-refractivity contribution in [1.82, 2.24) is 28.7 Å². The molecule has 0 aliphatic heterocycles. The van der Waals surface area contributed by atoms with Crippen molar-refractivity contribution in [2.45, 2.75) is 0 Å². The highest BCUT2D eigenvalue weighted by atomic mass is 15.0. The number of rotatable bonds is 3. The maximum Gasteiger partial charge on any atom is 0.164 e. The van der Waals surface area contributed by atoms with Gasteiger partial charge in [0.15, 0.2) is 17.5 Å². The van der Waals surface area contributed by atoms with Crippen molar-refractivity contribution in [2.24, 2.45) is 0 Å². The maximum atomic E-state index is 5.17. The summed E-state index contributed by atoms with van der Waals surface area (Å²) in [4.78, 5) is 20.2. The van der Waals surface area contributed by atoms with Crippen LogP contribution >= 0.6 is 0 Å². The van der Waals surface area contributed by atoms with Gasteiger partial charge in [-0.25, -0.2) is 19.9 Å². The van der Waals surface area contributed by atoms with Crippen molar-refractivity contribution in [2.75, 3.05) is 0 Å². The SMILES string of the molecule is c1ccc(-c2nc(-c3ccccc3)nc(-c3ccc4c5ccccc5n5c6cccc7ncn(c8ccccc8c3c45)c76)n2)cc1. The number of imidazole rings is 1. The maximum absolute atomic E-state index is 5.17. The Labute approximate surface area is 262 Å². The Morgan fingerprint density at radius 1 is 0.413 bits per heavy atom. The van der Waals surface area contributed by atoms with E-state index in [-0.39, 0.29) is 0 Å². The lowest BCUT2D eigenvalue weighted by molar-refractivity contribution is 1.08. The van der Waals surface area contributed by atoms with Crippen molar-refractivity contribution < 1.29 is 0 Å². The Bertz CT molecular complexity index is 2740. The van der Waals surface area contributed by atoms with Crippen LogP contribution in [0.1, 0.15) is 0 Å². The molecule has 0 N–H and O–H groups in total. The third-order valence-corrected chi connectivity index (χ3v) is 9.00. The molecule has 0 aliphatic carbocycles. The average molecular weight is 589 g/mol. The molecule has 0 saturated heterocycles. The smallest absolute Gasteiger partial charge is 0.164 e. The second-order valence-corrected chi connectivity index (χ2v) is 11.6. The van der Waals surface area contributed by atoms with Gasteiger partial charge in [0.25, 0.3) is 0 Å². The van der Waals surface area contributed by atoms with Crippen LogP contribution < -0.4 is 0 Å². The number of fused-ring (bicyclic) bond motifs is 7. The molecule has 0 atom stereocenters. The van der Waals surface area contributed by atoms with Crippen molar-refractivity contribution in [1.29, 1.82) is 0 Å². The molecule has 10 aromatic rings. The van der Waals surface area contributed by atoms with Gasteiger partial charge in [-0.3, -0.25) is 4.40 Å². The predicted molar refractivity (Wildman–Crippen MR) is 186 cm³/mol. The van der Waals surface area contributed by atoms with Crippen LogP contribution in [0.25, 0.3) is 88.8 Å². The summed E-state index contributed by atoms with van der Waals surface area (Å²) in [6, 6.07) is 48.3. The van der Waals surface area contributed by atoms with Gasteiger partial charge in [-0.1, -0.05) is 109 Å². The molecule has 0 amide bonds. The van der Waals surface area contributed by atoms with Crippen molar-refractivity contribution >= 4 is 54.6 Å². The number of para-hydroxylation sites is 3. The molecule has 0 fully saturated rings. The first-order valence-electron chi connectivity index (χ1n) is 15.3.